The molecule has 0 unspecified atom stereocenters. The molecule has 0 saturated heterocycles. The van der Waals surface area contributed by atoms with Crippen LogP contribution in [0.25, 0.3) is 10.2 Å². The molecule has 0 saturated carbocycles. The third kappa shape index (κ3) is 4.11. The smallest absolute Gasteiger partial charge is 0.236 e. The van der Waals surface area contributed by atoms with E-state index in [1.54, 1.807) is 16.0 Å². The van der Waals surface area contributed by atoms with Gasteiger partial charge in [-0.3, -0.25) is 4.79 Å². The molecule has 4 rings (SSSR count). The number of thiophene rings is 1. The quantitative estimate of drug-likeness (QED) is 0.433. The predicted octanol–water partition coefficient (Wildman–Crippen LogP) is 3.89. The lowest BCUT2D eigenvalue weighted by Crippen LogP contribution is -2.14. The minimum atomic E-state index is -0.140. The minimum absolute atomic E-state index is 0.140. The zero-order valence-electron chi connectivity index (χ0n) is 13.1. The van der Waals surface area contributed by atoms with Gasteiger partial charge in [0.05, 0.1) is 22.5 Å². The van der Waals surface area contributed by atoms with E-state index in [9.17, 15) is 4.79 Å². The molecule has 0 spiro atoms. The number of fused-ring (bicyclic) bond motifs is 1. The molecule has 7 nitrogen and oxygen atoms in total. The van der Waals surface area contributed by atoms with Crippen molar-refractivity contribution in [2.75, 3.05) is 11.1 Å². The van der Waals surface area contributed by atoms with E-state index >= 15 is 0 Å². The maximum absolute atomic E-state index is 12.2. The molecule has 11 heteroatoms. The first-order chi connectivity index (χ1) is 12.7. The van der Waals surface area contributed by atoms with Crippen LogP contribution in [0.5, 0.6) is 0 Å². The third-order valence-electron chi connectivity index (χ3n) is 3.31. The van der Waals surface area contributed by atoms with Crippen molar-refractivity contribution < 1.29 is 4.79 Å². The van der Waals surface area contributed by atoms with Crippen molar-refractivity contribution in [3.8, 4) is 0 Å². The van der Waals surface area contributed by atoms with Gasteiger partial charge in [-0.05, 0) is 40.1 Å². The maximum Gasteiger partial charge on any atom is 0.236 e. The summed E-state index contributed by atoms with van der Waals surface area (Å²) in [6.07, 6.45) is 0. The number of rotatable bonds is 6. The van der Waals surface area contributed by atoms with Crippen LogP contribution in [0.2, 0.25) is 0 Å². The Bertz CT molecular complexity index is 1040. The van der Waals surface area contributed by atoms with Crippen LogP contribution in [-0.2, 0) is 11.3 Å². The van der Waals surface area contributed by atoms with Crippen LogP contribution in [0.1, 0.15) is 4.88 Å². The fraction of sp³-hybridized carbons (Fsp3) is 0.133. The topological polar surface area (TPSA) is 85.6 Å². The van der Waals surface area contributed by atoms with Gasteiger partial charge in [0, 0.05) is 9.35 Å². The number of carbonyl (C=O) groups is 1. The molecule has 0 radical (unpaired) electrons. The standard InChI is InChI=1S/C15H11BrN6OS3/c16-9-3-4-11-12(6-9)26-14(17-11)18-13(23)8-25-15-19-20-21-22(15)7-10-2-1-5-24-10/h1-6H,7-8H2,(H,17,18,23). The van der Waals surface area contributed by atoms with Crippen LogP contribution >= 0.6 is 50.4 Å². The monoisotopic (exact) mass is 466 g/mol. The molecule has 4 aromatic rings. The molecule has 1 amide bonds. The summed E-state index contributed by atoms with van der Waals surface area (Å²) in [5.74, 6) is 0.0727. The Morgan fingerprint density at radius 1 is 1.35 bits per heavy atom. The molecule has 26 heavy (non-hydrogen) atoms. The molecule has 1 N–H and O–H groups in total. The lowest BCUT2D eigenvalue weighted by molar-refractivity contribution is -0.113. The van der Waals surface area contributed by atoms with E-state index in [-0.39, 0.29) is 11.7 Å². The Labute approximate surface area is 169 Å². The Morgan fingerprint density at radius 3 is 3.12 bits per heavy atom. The summed E-state index contributed by atoms with van der Waals surface area (Å²) in [7, 11) is 0. The summed E-state index contributed by atoms with van der Waals surface area (Å²) in [6.45, 7) is 0.599. The molecule has 0 fully saturated rings. The van der Waals surface area contributed by atoms with E-state index in [0.717, 1.165) is 19.6 Å². The van der Waals surface area contributed by atoms with Gasteiger partial charge in [0.2, 0.25) is 11.1 Å². The van der Waals surface area contributed by atoms with Crippen molar-refractivity contribution in [2.24, 2.45) is 0 Å². The van der Waals surface area contributed by atoms with Gasteiger partial charge in [0.25, 0.3) is 0 Å². The molecule has 0 aliphatic heterocycles. The van der Waals surface area contributed by atoms with E-state index in [4.69, 9.17) is 0 Å². The van der Waals surface area contributed by atoms with Crippen molar-refractivity contribution in [3.05, 3.63) is 45.1 Å². The van der Waals surface area contributed by atoms with E-state index in [1.165, 1.54) is 23.1 Å². The van der Waals surface area contributed by atoms with Gasteiger partial charge in [-0.25, -0.2) is 9.67 Å². The summed E-state index contributed by atoms with van der Waals surface area (Å²) in [4.78, 5) is 17.8. The van der Waals surface area contributed by atoms with Crippen molar-refractivity contribution in [2.45, 2.75) is 11.7 Å². The molecule has 3 heterocycles. The van der Waals surface area contributed by atoms with E-state index < -0.39 is 0 Å². The summed E-state index contributed by atoms with van der Waals surface area (Å²) >= 11 is 7.82. The number of anilines is 1. The van der Waals surface area contributed by atoms with Gasteiger partial charge in [-0.15, -0.1) is 16.4 Å². The number of thioether (sulfide) groups is 1. The van der Waals surface area contributed by atoms with Crippen LogP contribution in [0, 0.1) is 0 Å². The number of amides is 1. The summed E-state index contributed by atoms with van der Waals surface area (Å²) in [6, 6.07) is 9.84. The molecular weight excluding hydrogens is 456 g/mol. The molecule has 0 bridgehead atoms. The van der Waals surface area contributed by atoms with Gasteiger partial charge < -0.3 is 5.32 Å². The second-order valence-electron chi connectivity index (χ2n) is 5.17. The largest absolute Gasteiger partial charge is 0.301 e. The Balaban J connectivity index is 1.37. The number of aromatic nitrogens is 5. The van der Waals surface area contributed by atoms with E-state index in [1.807, 2.05) is 35.7 Å². The van der Waals surface area contributed by atoms with Crippen molar-refractivity contribution in [3.63, 3.8) is 0 Å². The first-order valence-corrected chi connectivity index (χ1v) is 10.9. The molecule has 0 aliphatic rings. The number of hydrogen-bond acceptors (Lipinski definition) is 8. The number of hydrogen-bond donors (Lipinski definition) is 1. The first kappa shape index (κ1) is 17.6. The van der Waals surface area contributed by atoms with Crippen molar-refractivity contribution in [1.82, 2.24) is 25.2 Å². The maximum atomic E-state index is 12.2. The summed E-state index contributed by atoms with van der Waals surface area (Å²) < 4.78 is 3.70. The number of benzene rings is 1. The average Bonchev–Trinajstić information content (AvgIpc) is 3.34. The minimum Gasteiger partial charge on any atom is -0.301 e. The molecular formula is C15H11BrN6OS3. The second-order valence-corrected chi connectivity index (χ2v) is 9.09. The predicted molar refractivity (Wildman–Crippen MR) is 108 cm³/mol. The van der Waals surface area contributed by atoms with Crippen LogP contribution in [0.15, 0.2) is 45.3 Å². The SMILES string of the molecule is O=C(CSc1nnnn1Cc1cccs1)Nc1nc2ccc(Br)cc2s1. The van der Waals surface area contributed by atoms with Gasteiger partial charge in [0.15, 0.2) is 5.13 Å². The van der Waals surface area contributed by atoms with Gasteiger partial charge >= 0.3 is 0 Å². The number of nitrogens with one attached hydrogen (secondary N) is 1. The second kappa shape index (κ2) is 7.82. The summed E-state index contributed by atoms with van der Waals surface area (Å²) in [5, 5.41) is 17.7. The number of tetrazole rings is 1. The molecule has 0 aliphatic carbocycles. The molecule has 3 aromatic heterocycles. The average molecular weight is 467 g/mol. The molecule has 1 aromatic carbocycles. The van der Waals surface area contributed by atoms with Gasteiger partial charge in [-0.1, -0.05) is 45.1 Å². The number of thiazole rings is 1. The fourth-order valence-electron chi connectivity index (χ4n) is 2.19. The van der Waals surface area contributed by atoms with Crippen LogP contribution in [-0.4, -0.2) is 36.9 Å². The highest BCUT2D eigenvalue weighted by Gasteiger charge is 2.13. The number of carbonyl (C=O) groups excluding carboxylic acids is 1. The normalized spacial score (nSPS) is 11.1. The van der Waals surface area contributed by atoms with E-state index in [0.29, 0.717) is 16.8 Å². The Hall–Kier alpha value is -1.82. The molecule has 132 valence electrons. The zero-order valence-corrected chi connectivity index (χ0v) is 17.2. The lowest BCUT2D eigenvalue weighted by atomic mass is 10.3. The van der Waals surface area contributed by atoms with Gasteiger partial charge in [0.1, 0.15) is 0 Å². The highest BCUT2D eigenvalue weighted by atomic mass is 79.9. The Morgan fingerprint density at radius 2 is 2.27 bits per heavy atom. The number of nitrogens with zero attached hydrogens (tertiary/aromatic N) is 5. The first-order valence-electron chi connectivity index (χ1n) is 7.45. The third-order valence-corrected chi connectivity index (χ3v) is 6.56. The highest BCUT2D eigenvalue weighted by molar-refractivity contribution is 9.10. The molecule has 0 atom stereocenters. The van der Waals surface area contributed by atoms with E-state index in [2.05, 4.69) is 41.8 Å². The number of halogens is 1. The summed E-state index contributed by atoms with van der Waals surface area (Å²) in [5.41, 5.74) is 0.862. The van der Waals surface area contributed by atoms with Crippen LogP contribution in [0.4, 0.5) is 5.13 Å². The fourth-order valence-corrected chi connectivity index (χ4v) is 4.98. The van der Waals surface area contributed by atoms with Gasteiger partial charge in [-0.2, -0.15) is 0 Å². The van der Waals surface area contributed by atoms with Crippen molar-refractivity contribution >= 4 is 71.6 Å². The lowest BCUT2D eigenvalue weighted by Gasteiger charge is -2.03. The Kier molecular flexibility index (Phi) is 5.29. The zero-order chi connectivity index (χ0) is 17.9. The van der Waals surface area contributed by atoms with Crippen LogP contribution in [0.3, 0.4) is 0 Å². The highest BCUT2D eigenvalue weighted by Crippen LogP contribution is 2.28. The van der Waals surface area contributed by atoms with Crippen LogP contribution < -0.4 is 5.32 Å². The van der Waals surface area contributed by atoms with Crippen molar-refractivity contribution in [1.29, 1.82) is 0 Å².